The molecule has 9 nitrogen and oxygen atoms in total. The fourth-order valence-corrected chi connectivity index (χ4v) is 13.1. The van der Waals surface area contributed by atoms with Crippen molar-refractivity contribution in [1.29, 1.82) is 0 Å². The summed E-state index contributed by atoms with van der Waals surface area (Å²) in [4.78, 5) is 15.2. The second kappa shape index (κ2) is 35.0. The van der Waals surface area contributed by atoms with Gasteiger partial charge in [-0.3, -0.25) is 29.4 Å². The molecule has 3 saturated carbocycles. The monoisotopic (exact) mass is 1140 g/mol. The van der Waals surface area contributed by atoms with E-state index in [2.05, 4.69) is 201 Å². The Morgan fingerprint density at radius 1 is 0.346 bits per heavy atom. The summed E-state index contributed by atoms with van der Waals surface area (Å²) in [5.74, 6) is 1.00. The normalized spacial score (nSPS) is 24.6. The number of aliphatic hydroxyl groups is 1. The molecule has 0 bridgehead atoms. The zero-order valence-corrected chi connectivity index (χ0v) is 59.7. The van der Waals surface area contributed by atoms with E-state index in [0.29, 0.717) is 39.2 Å². The molecule has 2 N–H and O–H groups in total. The molecule has 0 amide bonds. The molecule has 3 aliphatic carbocycles. The number of aliphatic hydroxyl groups excluding tert-OH is 1. The highest BCUT2D eigenvalue weighted by Gasteiger charge is 2.50. The summed E-state index contributed by atoms with van der Waals surface area (Å²) in [5, 5.41) is 12.6. The largest absolute Gasteiger partial charge is 0.392 e. The van der Waals surface area contributed by atoms with Crippen molar-refractivity contribution < 1.29 is 9.84 Å². The highest BCUT2D eigenvalue weighted by molar-refractivity contribution is 5.03. The molecular weight excluding hydrogens is 995 g/mol. The first-order valence-electron chi connectivity index (χ1n) is 34.7. The zero-order valence-electron chi connectivity index (χ0n) is 59.7. The topological polar surface area (TPSA) is 60.9 Å². The lowest BCUT2D eigenvalue weighted by Gasteiger charge is -2.60. The summed E-state index contributed by atoms with van der Waals surface area (Å²) in [6.45, 7) is 71.9. The second-order valence-corrected chi connectivity index (χ2v) is 34.8. The number of nitrogens with zero attached hydrogens (tertiary/aromatic N) is 6. The van der Waals surface area contributed by atoms with Crippen molar-refractivity contribution in [3.63, 3.8) is 0 Å². The lowest BCUT2D eigenvalue weighted by Crippen LogP contribution is -2.64. The van der Waals surface area contributed by atoms with Crippen LogP contribution in [0.5, 0.6) is 0 Å². The SMILES string of the molecule is CC(C)(C)C1CCCCC1.CC(C)(C)N1CC2(CCC2)C1.CC(C)(C)N1CCC(O)C1.CC(C)(C)N1CCCC1.CC(C)(C)N1CCCCC1.CC(C)(C)N1CCCCC1.CC(C)(C)N1CCCNCC1.CC(C)(C)OC1CCCC1. The highest BCUT2D eigenvalue weighted by Crippen LogP contribution is 2.50. The maximum atomic E-state index is 9.22. The van der Waals surface area contributed by atoms with Crippen LogP contribution < -0.4 is 5.32 Å². The molecule has 1 spiro atoms. The van der Waals surface area contributed by atoms with Crippen LogP contribution in [0, 0.1) is 16.7 Å². The van der Waals surface area contributed by atoms with Crippen molar-refractivity contribution in [2.45, 2.75) is 358 Å². The zero-order chi connectivity index (χ0) is 61.6. The van der Waals surface area contributed by atoms with E-state index in [1.165, 1.54) is 207 Å². The van der Waals surface area contributed by atoms with Gasteiger partial charge < -0.3 is 15.2 Å². The summed E-state index contributed by atoms with van der Waals surface area (Å²) < 4.78 is 5.80. The van der Waals surface area contributed by atoms with E-state index < -0.39 is 0 Å². The fourth-order valence-electron chi connectivity index (χ4n) is 13.1. The van der Waals surface area contributed by atoms with Crippen LogP contribution in [0.4, 0.5) is 0 Å². The van der Waals surface area contributed by atoms with Crippen molar-refractivity contribution in [1.82, 2.24) is 34.7 Å². The minimum Gasteiger partial charge on any atom is -0.392 e. The minimum atomic E-state index is -0.0841. The third-order valence-electron chi connectivity index (χ3n) is 19.1. The first kappa shape index (κ1) is 76.7. The van der Waals surface area contributed by atoms with Crippen molar-refractivity contribution >= 4 is 0 Å². The van der Waals surface area contributed by atoms with E-state index in [0.717, 1.165) is 37.4 Å². The average molecular weight is 1150 g/mol. The first-order chi connectivity index (χ1) is 37.1. The van der Waals surface area contributed by atoms with Gasteiger partial charge in [-0.1, -0.05) is 72.1 Å². The van der Waals surface area contributed by atoms with Crippen molar-refractivity contribution in [2.24, 2.45) is 16.7 Å². The quantitative estimate of drug-likeness (QED) is 0.267. The summed E-state index contributed by atoms with van der Waals surface area (Å²) in [6, 6.07) is 0. The molecule has 9 fully saturated rings. The van der Waals surface area contributed by atoms with Gasteiger partial charge in [0.25, 0.3) is 0 Å². The Morgan fingerprint density at radius 2 is 0.691 bits per heavy atom. The van der Waals surface area contributed by atoms with Gasteiger partial charge in [0.05, 0.1) is 17.8 Å². The summed E-state index contributed by atoms with van der Waals surface area (Å²) in [7, 11) is 0. The van der Waals surface area contributed by atoms with Crippen molar-refractivity contribution in [3.8, 4) is 0 Å². The van der Waals surface area contributed by atoms with Crippen LogP contribution >= 0.6 is 0 Å². The molecule has 0 radical (unpaired) electrons. The molecule has 484 valence electrons. The number of hydrogen-bond acceptors (Lipinski definition) is 9. The lowest BCUT2D eigenvalue weighted by molar-refractivity contribution is -0.104. The van der Waals surface area contributed by atoms with Gasteiger partial charge in [0.1, 0.15) is 0 Å². The molecule has 1 unspecified atom stereocenters. The molecule has 9 aliphatic rings. The number of β-amino-alcohol motifs (C(OH)–C–C–N with tert-alkyl or cyclic N) is 1. The molecule has 0 aromatic rings. The first-order valence-corrected chi connectivity index (χ1v) is 34.7. The van der Waals surface area contributed by atoms with Crippen LogP contribution in [0.15, 0.2) is 0 Å². The van der Waals surface area contributed by atoms with Crippen LogP contribution in [-0.4, -0.2) is 177 Å². The number of rotatable bonds is 1. The Labute approximate surface area is 509 Å². The molecule has 6 heterocycles. The fraction of sp³-hybridized carbons (Fsp3) is 1.00. The van der Waals surface area contributed by atoms with E-state index in [-0.39, 0.29) is 17.2 Å². The van der Waals surface area contributed by atoms with Crippen LogP contribution in [0.3, 0.4) is 0 Å². The van der Waals surface area contributed by atoms with Gasteiger partial charge in [-0.05, 0) is 304 Å². The van der Waals surface area contributed by atoms with E-state index in [9.17, 15) is 5.11 Å². The van der Waals surface area contributed by atoms with E-state index in [4.69, 9.17) is 4.74 Å². The smallest absolute Gasteiger partial charge is 0.0679 e. The minimum absolute atomic E-state index is 0.0645. The molecule has 9 heteroatoms. The summed E-state index contributed by atoms with van der Waals surface area (Å²) in [5.41, 5.74) is 3.66. The lowest BCUT2D eigenvalue weighted by atomic mass is 9.62. The molecule has 0 aromatic heterocycles. The van der Waals surface area contributed by atoms with E-state index in [1.807, 2.05) is 0 Å². The molecule has 6 aliphatic heterocycles. The van der Waals surface area contributed by atoms with Crippen LogP contribution in [-0.2, 0) is 4.74 Å². The molecule has 6 saturated heterocycles. The molecule has 1 atom stereocenters. The Hall–Kier alpha value is -0.360. The van der Waals surface area contributed by atoms with Gasteiger partial charge in [-0.2, -0.15) is 0 Å². The molecular formula is C72H149N7O2. The highest BCUT2D eigenvalue weighted by atomic mass is 16.5. The van der Waals surface area contributed by atoms with Gasteiger partial charge in [0.2, 0.25) is 0 Å². The standard InChI is InChI=1S/C10H19N.C10H20.C9H20N2.2C9H19N.C9H18O.C8H17NO.C8H17N/c1-9(2,3)11-7-10(8-11)5-4-6-10;1-10(2,3)9-7-5-4-6-8-9;1-9(2,3)11-7-4-5-10-6-8-11;2*1-9(2,3)10-7-5-4-6-8-10;1-9(2,3)10-8-6-4-5-7-8;1-8(2,3)9-5-4-7(10)6-9;1-8(2,3)9-6-4-5-7-9/h4-8H2,1-3H3;9H,4-8H2,1-3H3;10H,4-8H2,1-3H3;2*4-8H2,1-3H3;8H,4-7H2,1-3H3;7,10H,4-6H2,1-3H3;4-7H2,1-3H3. The van der Waals surface area contributed by atoms with Crippen LogP contribution in [0.2, 0.25) is 0 Å². The Morgan fingerprint density at radius 3 is 0.975 bits per heavy atom. The predicted octanol–water partition coefficient (Wildman–Crippen LogP) is 17.0. The van der Waals surface area contributed by atoms with Gasteiger partial charge >= 0.3 is 0 Å². The van der Waals surface area contributed by atoms with Crippen molar-refractivity contribution in [3.05, 3.63) is 0 Å². The van der Waals surface area contributed by atoms with E-state index >= 15 is 0 Å². The molecule has 0 aromatic carbocycles. The Kier molecular flexibility index (Phi) is 33.1. The van der Waals surface area contributed by atoms with Crippen LogP contribution in [0.25, 0.3) is 0 Å². The Bertz CT molecular complexity index is 1470. The van der Waals surface area contributed by atoms with Gasteiger partial charge in [-0.25, -0.2) is 0 Å². The van der Waals surface area contributed by atoms with Gasteiger partial charge in [0, 0.05) is 72.5 Å². The molecule has 9 rings (SSSR count). The van der Waals surface area contributed by atoms with Crippen LogP contribution in [0.1, 0.15) is 307 Å². The second-order valence-electron chi connectivity index (χ2n) is 34.8. The maximum Gasteiger partial charge on any atom is 0.0679 e. The number of hydrogen-bond donors (Lipinski definition) is 2. The third-order valence-corrected chi connectivity index (χ3v) is 19.1. The van der Waals surface area contributed by atoms with Gasteiger partial charge in [-0.15, -0.1) is 0 Å². The Balaban J connectivity index is 0.000000316. The molecule has 81 heavy (non-hydrogen) atoms. The predicted molar refractivity (Wildman–Crippen MR) is 358 cm³/mol. The number of piperidine rings is 2. The summed E-state index contributed by atoms with van der Waals surface area (Å²) >= 11 is 0. The average Bonchev–Trinajstić information content (AvgIpc) is 4.15. The van der Waals surface area contributed by atoms with Crippen molar-refractivity contribution in [2.75, 3.05) is 91.6 Å². The number of ether oxygens (including phenoxy) is 1. The van der Waals surface area contributed by atoms with E-state index in [1.54, 1.807) is 0 Å². The maximum absolute atomic E-state index is 9.22. The number of likely N-dealkylation sites (tertiary alicyclic amines) is 5. The third kappa shape index (κ3) is 33.0. The summed E-state index contributed by atoms with van der Waals surface area (Å²) in [6.07, 6.45) is 31.1. The van der Waals surface area contributed by atoms with Gasteiger partial charge in [0.15, 0.2) is 0 Å². The number of nitrogens with one attached hydrogen (secondary N) is 1.